The summed E-state index contributed by atoms with van der Waals surface area (Å²) >= 11 is 0. The highest BCUT2D eigenvalue weighted by atomic mass is 16.2. The Labute approximate surface area is 126 Å². The minimum atomic E-state index is -1.06. The first-order chi connectivity index (χ1) is 9.96. The number of nitrogens with one attached hydrogen (secondary N) is 1. The molecule has 1 unspecified atom stereocenters. The fourth-order valence-corrected chi connectivity index (χ4v) is 2.36. The number of nitrogens with two attached hydrogens (primary N) is 1. The molecule has 0 aliphatic heterocycles. The lowest BCUT2D eigenvalue weighted by Gasteiger charge is -2.25. The summed E-state index contributed by atoms with van der Waals surface area (Å²) in [6, 6.07) is 15.5. The second kappa shape index (κ2) is 6.10. The van der Waals surface area contributed by atoms with E-state index < -0.39 is 5.54 Å². The van der Waals surface area contributed by atoms with Crippen LogP contribution in [-0.4, -0.2) is 5.91 Å². The van der Waals surface area contributed by atoms with Gasteiger partial charge in [-0.15, -0.1) is 0 Å². The van der Waals surface area contributed by atoms with Crippen LogP contribution in [-0.2, 0) is 16.8 Å². The van der Waals surface area contributed by atoms with E-state index in [1.165, 1.54) is 0 Å². The molecular weight excluding hydrogens is 260 g/mol. The van der Waals surface area contributed by atoms with Crippen LogP contribution >= 0.6 is 0 Å². The summed E-state index contributed by atoms with van der Waals surface area (Å²) in [5.74, 6) is -0.197. The van der Waals surface area contributed by atoms with Crippen LogP contribution in [0.4, 0.5) is 5.69 Å². The zero-order chi connectivity index (χ0) is 15.5. The van der Waals surface area contributed by atoms with Crippen molar-refractivity contribution < 1.29 is 4.79 Å². The topological polar surface area (TPSA) is 55.1 Å². The Morgan fingerprint density at radius 1 is 1.14 bits per heavy atom. The van der Waals surface area contributed by atoms with Crippen molar-refractivity contribution in [1.82, 2.24) is 0 Å². The number of carbonyl (C=O) groups is 1. The van der Waals surface area contributed by atoms with Crippen molar-refractivity contribution in [2.45, 2.75) is 32.7 Å². The van der Waals surface area contributed by atoms with Crippen LogP contribution in [0.2, 0.25) is 0 Å². The SMILES string of the molecule is CCc1cccc(C)c1NC(=O)C(C)(N)c1ccccc1. The van der Waals surface area contributed by atoms with Gasteiger partial charge in [-0.25, -0.2) is 0 Å². The van der Waals surface area contributed by atoms with Crippen molar-refractivity contribution >= 4 is 11.6 Å². The van der Waals surface area contributed by atoms with Gasteiger partial charge in [0, 0.05) is 5.69 Å². The highest BCUT2D eigenvalue weighted by Crippen LogP contribution is 2.25. The van der Waals surface area contributed by atoms with E-state index in [2.05, 4.69) is 12.2 Å². The van der Waals surface area contributed by atoms with Gasteiger partial charge in [-0.3, -0.25) is 4.79 Å². The molecule has 1 amide bonds. The number of carbonyl (C=O) groups excluding carboxylic acids is 1. The zero-order valence-electron chi connectivity index (χ0n) is 12.8. The summed E-state index contributed by atoms with van der Waals surface area (Å²) in [4.78, 5) is 12.6. The lowest BCUT2D eigenvalue weighted by atomic mass is 9.92. The average Bonchev–Trinajstić information content (AvgIpc) is 2.50. The van der Waals surface area contributed by atoms with Crippen molar-refractivity contribution in [3.63, 3.8) is 0 Å². The van der Waals surface area contributed by atoms with E-state index >= 15 is 0 Å². The maximum Gasteiger partial charge on any atom is 0.248 e. The zero-order valence-corrected chi connectivity index (χ0v) is 12.8. The monoisotopic (exact) mass is 282 g/mol. The van der Waals surface area contributed by atoms with Crippen LogP contribution in [0, 0.1) is 6.92 Å². The molecule has 3 nitrogen and oxygen atoms in total. The highest BCUT2D eigenvalue weighted by Gasteiger charge is 2.30. The predicted molar refractivity (Wildman–Crippen MR) is 87.2 cm³/mol. The fraction of sp³-hybridized carbons (Fsp3) is 0.278. The van der Waals surface area contributed by atoms with Crippen LogP contribution in [0.5, 0.6) is 0 Å². The standard InChI is InChI=1S/C18H22N2O/c1-4-14-10-8-9-13(2)16(14)20-17(21)18(3,19)15-11-6-5-7-12-15/h5-12H,4,19H2,1-3H3,(H,20,21). The van der Waals surface area contributed by atoms with E-state index in [0.717, 1.165) is 28.8 Å². The summed E-state index contributed by atoms with van der Waals surface area (Å²) in [6.07, 6.45) is 0.865. The number of aryl methyl sites for hydroxylation is 2. The molecule has 3 heteroatoms. The lowest BCUT2D eigenvalue weighted by molar-refractivity contribution is -0.120. The molecule has 0 fully saturated rings. The molecular formula is C18H22N2O. The Kier molecular flexibility index (Phi) is 4.43. The van der Waals surface area contributed by atoms with E-state index in [1.54, 1.807) is 6.92 Å². The number of hydrogen-bond donors (Lipinski definition) is 2. The van der Waals surface area contributed by atoms with Crippen LogP contribution in [0.3, 0.4) is 0 Å². The maximum atomic E-state index is 12.6. The van der Waals surface area contributed by atoms with Gasteiger partial charge in [0.2, 0.25) is 5.91 Å². The largest absolute Gasteiger partial charge is 0.324 e. The molecule has 2 rings (SSSR count). The molecule has 0 radical (unpaired) electrons. The summed E-state index contributed by atoms with van der Waals surface area (Å²) in [5.41, 5.74) is 9.04. The van der Waals surface area contributed by atoms with E-state index in [0.29, 0.717) is 0 Å². The first kappa shape index (κ1) is 15.3. The van der Waals surface area contributed by atoms with E-state index in [4.69, 9.17) is 5.73 Å². The maximum absolute atomic E-state index is 12.6. The molecule has 2 aromatic carbocycles. The number of rotatable bonds is 4. The molecule has 2 aromatic rings. The summed E-state index contributed by atoms with van der Waals surface area (Å²) in [6.45, 7) is 5.80. The third kappa shape index (κ3) is 3.14. The second-order valence-electron chi connectivity index (χ2n) is 5.49. The van der Waals surface area contributed by atoms with E-state index in [1.807, 2.05) is 55.5 Å². The van der Waals surface area contributed by atoms with Gasteiger partial charge >= 0.3 is 0 Å². The lowest BCUT2D eigenvalue weighted by Crippen LogP contribution is -2.45. The van der Waals surface area contributed by atoms with Crippen LogP contribution in [0.25, 0.3) is 0 Å². The highest BCUT2D eigenvalue weighted by molar-refractivity contribution is 5.99. The predicted octanol–water partition coefficient (Wildman–Crippen LogP) is 3.37. The van der Waals surface area contributed by atoms with E-state index in [-0.39, 0.29) is 5.91 Å². The van der Waals surface area contributed by atoms with Crippen molar-refractivity contribution in [3.8, 4) is 0 Å². The third-order valence-corrected chi connectivity index (χ3v) is 3.82. The Balaban J connectivity index is 2.30. The number of hydrogen-bond acceptors (Lipinski definition) is 2. The second-order valence-corrected chi connectivity index (χ2v) is 5.49. The fourth-order valence-electron chi connectivity index (χ4n) is 2.36. The molecule has 21 heavy (non-hydrogen) atoms. The first-order valence-electron chi connectivity index (χ1n) is 7.21. The van der Waals surface area contributed by atoms with Crippen molar-refractivity contribution in [3.05, 3.63) is 65.2 Å². The summed E-state index contributed by atoms with van der Waals surface area (Å²) < 4.78 is 0. The minimum absolute atomic E-state index is 0.197. The Morgan fingerprint density at radius 3 is 2.43 bits per heavy atom. The molecule has 0 saturated carbocycles. The molecule has 0 spiro atoms. The Hall–Kier alpha value is -2.13. The van der Waals surface area contributed by atoms with Crippen molar-refractivity contribution in [2.24, 2.45) is 5.73 Å². The average molecular weight is 282 g/mol. The van der Waals surface area contributed by atoms with Crippen LogP contribution in [0.1, 0.15) is 30.5 Å². The molecule has 0 aliphatic carbocycles. The molecule has 0 aliphatic rings. The van der Waals surface area contributed by atoms with Gasteiger partial charge in [-0.1, -0.05) is 55.5 Å². The molecule has 0 bridgehead atoms. The molecule has 3 N–H and O–H groups in total. The quantitative estimate of drug-likeness (QED) is 0.903. The minimum Gasteiger partial charge on any atom is -0.324 e. The van der Waals surface area contributed by atoms with Crippen molar-refractivity contribution in [2.75, 3.05) is 5.32 Å². The smallest absolute Gasteiger partial charge is 0.248 e. The Bertz CT molecular complexity index is 633. The summed E-state index contributed by atoms with van der Waals surface area (Å²) in [5, 5.41) is 3.00. The van der Waals surface area contributed by atoms with Crippen LogP contribution in [0.15, 0.2) is 48.5 Å². The number of anilines is 1. The van der Waals surface area contributed by atoms with Crippen LogP contribution < -0.4 is 11.1 Å². The normalized spacial score (nSPS) is 13.5. The summed E-state index contributed by atoms with van der Waals surface area (Å²) in [7, 11) is 0. The number of para-hydroxylation sites is 1. The van der Waals surface area contributed by atoms with Gasteiger partial charge in [-0.2, -0.15) is 0 Å². The number of benzene rings is 2. The molecule has 110 valence electrons. The number of amides is 1. The van der Waals surface area contributed by atoms with Gasteiger partial charge in [0.1, 0.15) is 5.54 Å². The van der Waals surface area contributed by atoms with Gasteiger partial charge in [-0.05, 0) is 37.0 Å². The van der Waals surface area contributed by atoms with Crippen molar-refractivity contribution in [1.29, 1.82) is 0 Å². The molecule has 0 aromatic heterocycles. The van der Waals surface area contributed by atoms with Gasteiger partial charge in [0.05, 0.1) is 0 Å². The first-order valence-corrected chi connectivity index (χ1v) is 7.21. The molecule has 1 atom stereocenters. The van der Waals surface area contributed by atoms with Gasteiger partial charge in [0.25, 0.3) is 0 Å². The van der Waals surface area contributed by atoms with Gasteiger partial charge < -0.3 is 11.1 Å². The molecule has 0 saturated heterocycles. The third-order valence-electron chi connectivity index (χ3n) is 3.82. The Morgan fingerprint density at radius 2 is 1.81 bits per heavy atom. The molecule has 0 heterocycles. The van der Waals surface area contributed by atoms with Gasteiger partial charge in [0.15, 0.2) is 0 Å². The van der Waals surface area contributed by atoms with E-state index in [9.17, 15) is 4.79 Å².